The highest BCUT2D eigenvalue weighted by atomic mass is 19.1. The Morgan fingerprint density at radius 2 is 1.89 bits per heavy atom. The maximum Gasteiger partial charge on any atom is 0.335 e. The summed E-state index contributed by atoms with van der Waals surface area (Å²) in [7, 11) is 0. The first-order valence-electron chi connectivity index (χ1n) is 14.0. The van der Waals surface area contributed by atoms with E-state index in [4.69, 9.17) is 14.5 Å². The second kappa shape index (κ2) is 11.4. The Labute approximate surface area is 251 Å². The first-order chi connectivity index (χ1) is 21.0. The zero-order valence-electron chi connectivity index (χ0n) is 24.3. The monoisotopic (exact) mass is 602 g/mol. The number of ether oxygens (including phenoxy) is 2. The molecule has 1 fully saturated rings. The van der Waals surface area contributed by atoms with Gasteiger partial charge >= 0.3 is 5.97 Å². The van der Waals surface area contributed by atoms with Crippen molar-refractivity contribution in [3.05, 3.63) is 106 Å². The molecule has 3 aromatic heterocycles. The summed E-state index contributed by atoms with van der Waals surface area (Å²) < 4.78 is 58.6. The van der Waals surface area contributed by atoms with Gasteiger partial charge in [0.05, 0.1) is 41.5 Å². The number of halogens is 3. The first-order valence-corrected chi connectivity index (χ1v) is 14.0. The Kier molecular flexibility index (Phi) is 7.58. The number of imidazole rings is 1. The molecule has 0 amide bonds. The number of carboxylic acids is 1. The predicted molar refractivity (Wildman–Crippen MR) is 156 cm³/mol. The second-order valence-corrected chi connectivity index (χ2v) is 11.6. The molecule has 1 N–H and O–H groups in total. The fourth-order valence-electron chi connectivity index (χ4n) is 5.47. The van der Waals surface area contributed by atoms with E-state index in [-0.39, 0.29) is 58.4 Å². The molecule has 1 aliphatic rings. The van der Waals surface area contributed by atoms with Crippen LogP contribution in [-0.2, 0) is 17.8 Å². The maximum atomic E-state index is 15.6. The number of benzene rings is 2. The minimum Gasteiger partial charge on any atom is -0.478 e. The summed E-state index contributed by atoms with van der Waals surface area (Å²) >= 11 is 0. The van der Waals surface area contributed by atoms with Crippen LogP contribution in [0.1, 0.15) is 52.9 Å². The minimum absolute atomic E-state index is 0.0433. The molecule has 4 heterocycles. The number of aryl methyl sites for hydroxylation is 1. The lowest BCUT2D eigenvalue weighted by molar-refractivity contribution is 0.0697. The van der Waals surface area contributed by atoms with Gasteiger partial charge in [0.15, 0.2) is 0 Å². The van der Waals surface area contributed by atoms with Crippen molar-refractivity contribution in [3.8, 4) is 17.1 Å². The smallest absolute Gasteiger partial charge is 0.335 e. The standard InChI is InChI=1S/C33H29F3N4O4/c1-18-9-24(36)27(37-14-18)15-44-31-6-4-5-25(39-31)21-13-22(34)20(10-23(21)35)12-30-38-26-8-7-19(32(41)42)11-28(26)40(30)29-16-43-17-33(29,2)3/h4-11,13-14,29H,12,15-17H2,1-3H3,(H,41,42)/t29-/m1/s1. The number of hydrogen-bond acceptors (Lipinski definition) is 6. The number of hydrogen-bond donors (Lipinski definition) is 1. The van der Waals surface area contributed by atoms with Crippen molar-refractivity contribution in [1.82, 2.24) is 19.5 Å². The van der Waals surface area contributed by atoms with Crippen molar-refractivity contribution in [2.75, 3.05) is 13.2 Å². The first kappa shape index (κ1) is 29.3. The molecule has 11 heteroatoms. The Hall–Kier alpha value is -4.77. The van der Waals surface area contributed by atoms with Gasteiger partial charge in [-0.25, -0.2) is 27.9 Å². The van der Waals surface area contributed by atoms with Gasteiger partial charge in [-0.15, -0.1) is 0 Å². The van der Waals surface area contributed by atoms with Gasteiger partial charge in [0.25, 0.3) is 0 Å². The lowest BCUT2D eigenvalue weighted by Gasteiger charge is -2.28. The SMILES string of the molecule is Cc1cnc(COc2cccc(-c3cc(F)c(Cc4nc5ccc(C(=O)O)cc5n4[C@@H]4COCC4(C)C)cc3F)n2)c(F)c1. The van der Waals surface area contributed by atoms with E-state index in [1.165, 1.54) is 30.5 Å². The zero-order chi connectivity index (χ0) is 31.2. The topological polar surface area (TPSA) is 99.4 Å². The van der Waals surface area contributed by atoms with Crippen LogP contribution in [0.15, 0.2) is 60.8 Å². The molecule has 8 nitrogen and oxygen atoms in total. The van der Waals surface area contributed by atoms with Gasteiger partial charge in [0.1, 0.15) is 35.6 Å². The number of rotatable bonds is 8. The van der Waals surface area contributed by atoms with Gasteiger partial charge in [0, 0.05) is 29.7 Å². The fourth-order valence-corrected chi connectivity index (χ4v) is 5.47. The summed E-state index contributed by atoms with van der Waals surface area (Å²) in [6.07, 6.45) is 1.48. The van der Waals surface area contributed by atoms with Crippen LogP contribution in [0.4, 0.5) is 13.2 Å². The lowest BCUT2D eigenvalue weighted by atomic mass is 9.87. The molecular formula is C33H29F3N4O4. The minimum atomic E-state index is -1.08. The van der Waals surface area contributed by atoms with E-state index in [1.54, 1.807) is 25.1 Å². The molecule has 0 spiro atoms. The van der Waals surface area contributed by atoms with E-state index >= 15 is 8.78 Å². The number of pyridine rings is 2. The second-order valence-electron chi connectivity index (χ2n) is 11.6. The molecule has 6 rings (SSSR count). The predicted octanol–water partition coefficient (Wildman–Crippen LogP) is 6.68. The highest BCUT2D eigenvalue weighted by Crippen LogP contribution is 2.40. The Morgan fingerprint density at radius 1 is 1.07 bits per heavy atom. The largest absolute Gasteiger partial charge is 0.478 e. The van der Waals surface area contributed by atoms with Crippen molar-refractivity contribution < 1.29 is 32.5 Å². The molecule has 2 aromatic carbocycles. The van der Waals surface area contributed by atoms with Crippen molar-refractivity contribution in [1.29, 1.82) is 0 Å². The van der Waals surface area contributed by atoms with E-state index < -0.39 is 23.4 Å². The molecular weight excluding hydrogens is 573 g/mol. The van der Waals surface area contributed by atoms with E-state index in [2.05, 4.69) is 9.97 Å². The number of fused-ring (bicyclic) bond motifs is 1. The van der Waals surface area contributed by atoms with Gasteiger partial charge in [-0.2, -0.15) is 0 Å². The molecule has 44 heavy (non-hydrogen) atoms. The Bertz CT molecular complexity index is 1910. The summed E-state index contributed by atoms with van der Waals surface area (Å²) in [5.74, 6) is -2.38. The van der Waals surface area contributed by atoms with Crippen LogP contribution in [0, 0.1) is 29.8 Å². The van der Waals surface area contributed by atoms with Crippen molar-refractivity contribution >= 4 is 17.0 Å². The Morgan fingerprint density at radius 3 is 2.61 bits per heavy atom. The van der Waals surface area contributed by atoms with Crippen LogP contribution in [0.2, 0.25) is 0 Å². The molecule has 0 radical (unpaired) electrons. The summed E-state index contributed by atoms with van der Waals surface area (Å²) in [5.41, 5.74) is 1.84. The van der Waals surface area contributed by atoms with Gasteiger partial charge in [0.2, 0.25) is 5.88 Å². The third kappa shape index (κ3) is 5.62. The number of carboxylic acid groups (broad SMARTS) is 1. The van der Waals surface area contributed by atoms with Gasteiger partial charge in [-0.05, 0) is 60.5 Å². The summed E-state index contributed by atoms with van der Waals surface area (Å²) in [6, 6.07) is 12.6. The van der Waals surface area contributed by atoms with Crippen LogP contribution in [0.3, 0.4) is 0 Å². The maximum absolute atomic E-state index is 15.6. The molecule has 5 aromatic rings. The molecule has 0 bridgehead atoms. The van der Waals surface area contributed by atoms with Gasteiger partial charge in [-0.1, -0.05) is 19.9 Å². The third-order valence-corrected chi connectivity index (χ3v) is 7.87. The van der Waals surface area contributed by atoms with E-state index in [9.17, 15) is 14.3 Å². The summed E-state index contributed by atoms with van der Waals surface area (Å²) in [4.78, 5) is 24.7. The van der Waals surface area contributed by atoms with Crippen LogP contribution in [0.5, 0.6) is 5.88 Å². The highest BCUT2D eigenvalue weighted by molar-refractivity contribution is 5.92. The quantitative estimate of drug-likeness (QED) is 0.211. The molecule has 1 saturated heterocycles. The Balaban J connectivity index is 1.31. The normalized spacial score (nSPS) is 16.0. The van der Waals surface area contributed by atoms with Crippen LogP contribution in [0.25, 0.3) is 22.3 Å². The average Bonchev–Trinajstić information content (AvgIpc) is 3.51. The van der Waals surface area contributed by atoms with Crippen molar-refractivity contribution in [2.45, 2.75) is 39.8 Å². The van der Waals surface area contributed by atoms with Gasteiger partial charge < -0.3 is 19.1 Å². The number of aromatic nitrogens is 4. The number of nitrogens with zero attached hydrogens (tertiary/aromatic N) is 4. The van der Waals surface area contributed by atoms with Crippen molar-refractivity contribution in [2.24, 2.45) is 5.41 Å². The van der Waals surface area contributed by atoms with E-state index in [0.717, 1.165) is 12.1 Å². The zero-order valence-corrected chi connectivity index (χ0v) is 24.3. The molecule has 226 valence electrons. The fraction of sp³-hybridized carbons (Fsp3) is 0.273. The highest BCUT2D eigenvalue weighted by Gasteiger charge is 2.39. The number of carbonyl (C=O) groups is 1. The third-order valence-electron chi connectivity index (χ3n) is 7.87. The number of aromatic carboxylic acids is 1. The van der Waals surface area contributed by atoms with E-state index in [0.29, 0.717) is 35.6 Å². The molecule has 1 atom stereocenters. The molecule has 0 unspecified atom stereocenters. The summed E-state index contributed by atoms with van der Waals surface area (Å²) in [5, 5.41) is 9.57. The summed E-state index contributed by atoms with van der Waals surface area (Å²) in [6.45, 7) is 6.47. The van der Waals surface area contributed by atoms with Crippen LogP contribution in [-0.4, -0.2) is 43.8 Å². The van der Waals surface area contributed by atoms with Crippen molar-refractivity contribution in [3.63, 3.8) is 0 Å². The lowest BCUT2D eigenvalue weighted by Crippen LogP contribution is -2.27. The van der Waals surface area contributed by atoms with Crippen LogP contribution < -0.4 is 4.74 Å². The molecule has 1 aliphatic heterocycles. The molecule has 0 saturated carbocycles. The molecule has 0 aliphatic carbocycles. The van der Waals surface area contributed by atoms with Gasteiger partial charge in [-0.3, -0.25) is 4.98 Å². The van der Waals surface area contributed by atoms with E-state index in [1.807, 2.05) is 18.4 Å². The average molecular weight is 603 g/mol. The van der Waals surface area contributed by atoms with Crippen LogP contribution >= 0.6 is 0 Å².